The summed E-state index contributed by atoms with van der Waals surface area (Å²) in [6, 6.07) is 82.4. The van der Waals surface area contributed by atoms with E-state index in [2.05, 4.69) is 269 Å². The van der Waals surface area contributed by atoms with Crippen molar-refractivity contribution < 1.29 is 0 Å². The molecule has 3 heteroatoms. The third kappa shape index (κ3) is 7.51. The highest BCUT2D eigenvalue weighted by Crippen LogP contribution is 2.52. The molecule has 0 bridgehead atoms. The summed E-state index contributed by atoms with van der Waals surface area (Å²) >= 11 is 0. The summed E-state index contributed by atoms with van der Waals surface area (Å²) in [5, 5.41) is 13.7. The molecule has 0 aliphatic rings. The summed E-state index contributed by atoms with van der Waals surface area (Å²) in [6.07, 6.45) is 0. The van der Waals surface area contributed by atoms with E-state index in [1.54, 1.807) is 0 Å². The van der Waals surface area contributed by atoms with Gasteiger partial charge in [0.1, 0.15) is 0 Å². The van der Waals surface area contributed by atoms with Crippen LogP contribution >= 0.6 is 0 Å². The fourth-order valence-corrected chi connectivity index (χ4v) is 11.7. The lowest BCUT2D eigenvalue weighted by Gasteiger charge is -2.31. The molecule has 0 heterocycles. The molecule has 0 atom stereocenters. The van der Waals surface area contributed by atoms with Gasteiger partial charge in [-0.3, -0.25) is 0 Å². The summed E-state index contributed by atoms with van der Waals surface area (Å²) in [4.78, 5) is 5.00. The lowest BCUT2D eigenvalue weighted by Crippen LogP contribution is -2.37. The molecular weight excluding hydrogens is 849 g/mol. The summed E-state index contributed by atoms with van der Waals surface area (Å²) in [7, 11) is -1.57. The minimum atomic E-state index is -1.57. The molecule has 332 valence electrons. The van der Waals surface area contributed by atoms with Crippen LogP contribution in [0.2, 0.25) is 19.6 Å². The molecule has 0 aliphatic heterocycles. The Hall–Kier alpha value is -7.98. The monoisotopic (exact) mass is 902 g/mol. The van der Waals surface area contributed by atoms with E-state index in [1.165, 1.54) is 98.0 Å². The lowest BCUT2D eigenvalue weighted by atomic mass is 9.85. The van der Waals surface area contributed by atoms with Gasteiger partial charge in [-0.1, -0.05) is 199 Å². The highest BCUT2D eigenvalue weighted by molar-refractivity contribution is 6.88. The van der Waals surface area contributed by atoms with Crippen LogP contribution in [0, 0.1) is 20.8 Å². The largest absolute Gasteiger partial charge is 0.310 e. The highest BCUT2D eigenvalue weighted by atomic mass is 28.3. The standard InChI is InChI=1S/C66H54N2Si/c1-43-15-21-48(22-16-43)61-41-63(67(52-27-19-45(3)20-28-52)54-29-25-46-11-7-9-13-50(46)39-54)59-37-35-58-62(49-23-17-44(2)18-24-49)42-64(60-38-36-57(61)65(59)66(58)60)68(53-31-33-56(34-32-53)69(4,5)6)55-30-26-47-12-8-10-14-51(47)40-55/h7-42H,1-6H3. The topological polar surface area (TPSA) is 6.48 Å². The fraction of sp³-hybridized carbons (Fsp3) is 0.0909. The van der Waals surface area contributed by atoms with Gasteiger partial charge in [0.05, 0.1) is 19.4 Å². The Balaban J connectivity index is 1.23. The Morgan fingerprint density at radius 1 is 0.304 bits per heavy atom. The molecule has 0 radical (unpaired) electrons. The van der Waals surface area contributed by atoms with Crippen LogP contribution in [-0.4, -0.2) is 8.07 Å². The summed E-state index contributed by atoms with van der Waals surface area (Å²) in [5.74, 6) is 0. The van der Waals surface area contributed by atoms with E-state index in [9.17, 15) is 0 Å². The normalized spacial score (nSPS) is 11.9. The van der Waals surface area contributed by atoms with Crippen molar-refractivity contribution in [3.8, 4) is 22.3 Å². The van der Waals surface area contributed by atoms with Crippen LogP contribution in [0.5, 0.6) is 0 Å². The van der Waals surface area contributed by atoms with Crippen molar-refractivity contribution in [3.05, 3.63) is 235 Å². The first-order valence-corrected chi connectivity index (χ1v) is 27.7. The minimum Gasteiger partial charge on any atom is -0.310 e. The van der Waals surface area contributed by atoms with Crippen molar-refractivity contribution in [2.45, 2.75) is 40.4 Å². The molecule has 0 unspecified atom stereocenters. The van der Waals surface area contributed by atoms with Crippen LogP contribution in [-0.2, 0) is 0 Å². The molecule has 0 fully saturated rings. The third-order valence-corrected chi connectivity index (χ3v) is 16.4. The molecule has 69 heavy (non-hydrogen) atoms. The van der Waals surface area contributed by atoms with E-state index in [4.69, 9.17) is 0 Å². The summed E-state index contributed by atoms with van der Waals surface area (Å²) in [6.45, 7) is 13.8. The van der Waals surface area contributed by atoms with Gasteiger partial charge in [-0.25, -0.2) is 0 Å². The van der Waals surface area contributed by atoms with Crippen molar-refractivity contribution in [1.29, 1.82) is 0 Å². The predicted molar refractivity (Wildman–Crippen MR) is 303 cm³/mol. The van der Waals surface area contributed by atoms with E-state index >= 15 is 0 Å². The van der Waals surface area contributed by atoms with Crippen molar-refractivity contribution in [3.63, 3.8) is 0 Å². The molecule has 0 N–H and O–H groups in total. The maximum atomic E-state index is 2.51. The van der Waals surface area contributed by atoms with Gasteiger partial charge < -0.3 is 9.80 Å². The van der Waals surface area contributed by atoms with E-state index in [0.29, 0.717) is 0 Å². The Morgan fingerprint density at radius 3 is 1.06 bits per heavy atom. The lowest BCUT2D eigenvalue weighted by molar-refractivity contribution is 1.29. The quantitative estimate of drug-likeness (QED) is 0.105. The highest BCUT2D eigenvalue weighted by Gasteiger charge is 2.27. The maximum absolute atomic E-state index is 2.51. The Labute approximate surface area is 406 Å². The number of rotatable bonds is 9. The smallest absolute Gasteiger partial charge is 0.0775 e. The van der Waals surface area contributed by atoms with Gasteiger partial charge in [-0.05, 0) is 136 Å². The molecule has 0 amide bonds. The van der Waals surface area contributed by atoms with Crippen LogP contribution in [0.25, 0.3) is 76.1 Å². The van der Waals surface area contributed by atoms with Gasteiger partial charge in [-0.2, -0.15) is 0 Å². The van der Waals surface area contributed by atoms with E-state index < -0.39 is 8.07 Å². The SMILES string of the molecule is Cc1ccc(-c2cc(N(c3ccc(C)cc3)c3ccc4ccccc4c3)c3ccc4c(-c5ccc(C)cc5)cc(N(c5ccc([Si](C)(C)C)cc5)c5ccc6ccccc6c5)c5ccc2c3c45)cc1. The molecule has 0 aromatic heterocycles. The zero-order valence-electron chi connectivity index (χ0n) is 40.2. The first-order valence-electron chi connectivity index (χ1n) is 24.2. The minimum absolute atomic E-state index is 1.12. The summed E-state index contributed by atoms with van der Waals surface area (Å²) < 4.78 is 0. The number of benzene rings is 12. The Kier molecular flexibility index (Phi) is 10.2. The van der Waals surface area contributed by atoms with Gasteiger partial charge in [0.2, 0.25) is 0 Å². The molecule has 0 spiro atoms. The van der Waals surface area contributed by atoms with Crippen LogP contribution in [0.4, 0.5) is 34.1 Å². The van der Waals surface area contributed by atoms with Gasteiger partial charge in [0, 0.05) is 44.3 Å². The number of nitrogens with zero attached hydrogens (tertiary/aromatic N) is 2. The van der Waals surface area contributed by atoms with Crippen molar-refractivity contribution in [2.75, 3.05) is 9.80 Å². The van der Waals surface area contributed by atoms with Gasteiger partial charge >= 0.3 is 0 Å². The molecule has 12 rings (SSSR count). The molecular formula is C66H54N2Si. The molecule has 0 aliphatic carbocycles. The fourth-order valence-electron chi connectivity index (χ4n) is 10.6. The second-order valence-corrected chi connectivity index (χ2v) is 25.1. The van der Waals surface area contributed by atoms with Gasteiger partial charge in [0.25, 0.3) is 0 Å². The zero-order chi connectivity index (χ0) is 47.0. The van der Waals surface area contributed by atoms with Gasteiger partial charge in [-0.15, -0.1) is 0 Å². The Bertz CT molecular complexity index is 3880. The first kappa shape index (κ1) is 42.4. The van der Waals surface area contributed by atoms with Crippen LogP contribution in [0.15, 0.2) is 218 Å². The van der Waals surface area contributed by atoms with E-state index in [1.807, 2.05) is 0 Å². The predicted octanol–water partition coefficient (Wildman–Crippen LogP) is 18.6. The van der Waals surface area contributed by atoms with Crippen LogP contribution in [0.1, 0.15) is 16.7 Å². The Morgan fingerprint density at radius 2 is 0.652 bits per heavy atom. The number of fused-ring (bicyclic) bond motifs is 2. The summed E-state index contributed by atoms with van der Waals surface area (Å²) in [5.41, 5.74) is 15.3. The number of hydrogen-bond acceptors (Lipinski definition) is 2. The third-order valence-electron chi connectivity index (χ3n) is 14.3. The second-order valence-electron chi connectivity index (χ2n) is 20.1. The van der Waals surface area contributed by atoms with Gasteiger partial charge in [0.15, 0.2) is 0 Å². The molecule has 0 saturated carbocycles. The van der Waals surface area contributed by atoms with Crippen molar-refractivity contribution in [2.24, 2.45) is 0 Å². The average molecular weight is 903 g/mol. The number of anilines is 6. The van der Waals surface area contributed by atoms with Crippen LogP contribution in [0.3, 0.4) is 0 Å². The molecule has 0 saturated heterocycles. The number of aryl methyl sites for hydroxylation is 3. The van der Waals surface area contributed by atoms with Crippen molar-refractivity contribution >= 4 is 101 Å². The molecule has 12 aromatic carbocycles. The van der Waals surface area contributed by atoms with Crippen molar-refractivity contribution in [1.82, 2.24) is 0 Å². The molecule has 12 aromatic rings. The van der Waals surface area contributed by atoms with E-state index in [-0.39, 0.29) is 0 Å². The average Bonchev–Trinajstić information content (AvgIpc) is 3.37. The van der Waals surface area contributed by atoms with Crippen LogP contribution < -0.4 is 15.0 Å². The second kappa shape index (κ2) is 16.7. The maximum Gasteiger partial charge on any atom is 0.0775 e. The number of hydrogen-bond donors (Lipinski definition) is 0. The van der Waals surface area contributed by atoms with E-state index in [0.717, 1.165) is 34.1 Å². The zero-order valence-corrected chi connectivity index (χ0v) is 41.2. The first-order chi connectivity index (χ1) is 33.6. The molecule has 2 nitrogen and oxygen atoms in total.